The van der Waals surface area contributed by atoms with Crippen LogP contribution in [-0.4, -0.2) is 23.1 Å². The minimum absolute atomic E-state index is 0.0800. The predicted molar refractivity (Wildman–Crippen MR) is 110 cm³/mol. The van der Waals surface area contributed by atoms with Crippen LogP contribution >= 0.6 is 0 Å². The average molecular weight is 412 g/mol. The number of hydrogen-bond acceptors (Lipinski definition) is 3. The van der Waals surface area contributed by atoms with E-state index in [0.717, 1.165) is 23.4 Å². The molecule has 3 rings (SSSR count). The lowest BCUT2D eigenvalue weighted by Gasteiger charge is -2.12. The lowest BCUT2D eigenvalue weighted by molar-refractivity contribution is -0.116. The zero-order chi connectivity index (χ0) is 21.7. The van der Waals surface area contributed by atoms with Gasteiger partial charge in [-0.05, 0) is 37.6 Å². The van der Waals surface area contributed by atoms with E-state index in [9.17, 15) is 18.4 Å². The third-order valence-electron chi connectivity index (χ3n) is 4.70. The highest BCUT2D eigenvalue weighted by atomic mass is 19.2. The normalized spacial score (nSPS) is 10.7. The molecule has 5 nitrogen and oxygen atoms in total. The van der Waals surface area contributed by atoms with Gasteiger partial charge in [0, 0.05) is 36.1 Å². The number of anilines is 1. The minimum atomic E-state index is -1.03. The second-order valence-corrected chi connectivity index (χ2v) is 6.69. The molecule has 0 aliphatic carbocycles. The number of carbonyl (C=O) groups excluding carboxylic acids is 2. The molecule has 1 heterocycles. The smallest absolute Gasteiger partial charge is 0.339 e. The molecule has 2 aromatic carbocycles. The van der Waals surface area contributed by atoms with Gasteiger partial charge >= 0.3 is 5.97 Å². The Balaban J connectivity index is 1.82. The van der Waals surface area contributed by atoms with Crippen molar-refractivity contribution in [2.75, 3.05) is 11.9 Å². The SMILES string of the molecule is CCOC(=O)c1cc(-c2ccccc2)n(CCC(=O)Nc2ccc(F)c(F)c2)c1C. The summed E-state index contributed by atoms with van der Waals surface area (Å²) in [6.45, 7) is 4.10. The minimum Gasteiger partial charge on any atom is -0.462 e. The Hall–Kier alpha value is -3.48. The van der Waals surface area contributed by atoms with E-state index in [0.29, 0.717) is 17.8 Å². The monoisotopic (exact) mass is 412 g/mol. The van der Waals surface area contributed by atoms with Crippen molar-refractivity contribution in [2.24, 2.45) is 0 Å². The standard InChI is InChI=1S/C23H22F2N2O3/c1-3-30-23(29)18-14-21(16-7-5-4-6-8-16)27(15(18)2)12-11-22(28)26-17-9-10-19(24)20(25)13-17/h4-10,13-14H,3,11-12H2,1-2H3,(H,26,28). The van der Waals surface area contributed by atoms with Gasteiger partial charge in [-0.1, -0.05) is 30.3 Å². The third-order valence-corrected chi connectivity index (χ3v) is 4.70. The number of nitrogens with zero attached hydrogens (tertiary/aromatic N) is 1. The zero-order valence-electron chi connectivity index (χ0n) is 16.7. The number of nitrogens with one attached hydrogen (secondary N) is 1. The van der Waals surface area contributed by atoms with Gasteiger partial charge in [0.25, 0.3) is 0 Å². The van der Waals surface area contributed by atoms with Crippen LogP contribution in [-0.2, 0) is 16.1 Å². The fourth-order valence-electron chi connectivity index (χ4n) is 3.21. The molecule has 7 heteroatoms. The predicted octanol–water partition coefficient (Wildman–Crippen LogP) is 4.95. The summed E-state index contributed by atoms with van der Waals surface area (Å²) < 4.78 is 33.4. The average Bonchev–Trinajstić information content (AvgIpc) is 3.06. The molecule has 0 unspecified atom stereocenters. The van der Waals surface area contributed by atoms with Crippen LogP contribution in [0.2, 0.25) is 0 Å². The topological polar surface area (TPSA) is 60.3 Å². The van der Waals surface area contributed by atoms with E-state index >= 15 is 0 Å². The van der Waals surface area contributed by atoms with Crippen LogP contribution < -0.4 is 5.32 Å². The molecule has 0 fully saturated rings. The number of hydrogen-bond donors (Lipinski definition) is 1. The van der Waals surface area contributed by atoms with E-state index in [1.54, 1.807) is 19.9 Å². The Kier molecular flexibility index (Phi) is 6.61. The number of rotatable bonds is 7. The summed E-state index contributed by atoms with van der Waals surface area (Å²) in [5.74, 6) is -2.78. The van der Waals surface area contributed by atoms with Crippen molar-refractivity contribution in [3.8, 4) is 11.3 Å². The van der Waals surface area contributed by atoms with Crippen LogP contribution in [0.25, 0.3) is 11.3 Å². The van der Waals surface area contributed by atoms with Crippen molar-refractivity contribution in [1.29, 1.82) is 0 Å². The molecule has 0 aliphatic rings. The maximum Gasteiger partial charge on any atom is 0.339 e. The van der Waals surface area contributed by atoms with Gasteiger partial charge in [-0.15, -0.1) is 0 Å². The van der Waals surface area contributed by atoms with Gasteiger partial charge in [0.05, 0.1) is 12.2 Å². The van der Waals surface area contributed by atoms with E-state index in [2.05, 4.69) is 5.32 Å². The maximum atomic E-state index is 13.3. The molecule has 1 aromatic heterocycles. The first-order valence-electron chi connectivity index (χ1n) is 9.58. The summed E-state index contributed by atoms with van der Waals surface area (Å²) in [4.78, 5) is 24.7. The van der Waals surface area contributed by atoms with Gasteiger partial charge in [0.1, 0.15) is 0 Å². The van der Waals surface area contributed by atoms with E-state index in [1.165, 1.54) is 6.07 Å². The van der Waals surface area contributed by atoms with Gasteiger partial charge in [-0.25, -0.2) is 13.6 Å². The van der Waals surface area contributed by atoms with Crippen LogP contribution in [0.4, 0.5) is 14.5 Å². The Morgan fingerprint density at radius 3 is 2.43 bits per heavy atom. The molecule has 0 aliphatic heterocycles. The van der Waals surface area contributed by atoms with Crippen molar-refractivity contribution in [3.05, 3.63) is 77.5 Å². The van der Waals surface area contributed by atoms with Crippen LogP contribution in [0.1, 0.15) is 29.4 Å². The quantitative estimate of drug-likeness (QED) is 0.559. The lowest BCUT2D eigenvalue weighted by atomic mass is 10.1. The number of halogens is 2. The molecule has 0 bridgehead atoms. The highest BCUT2D eigenvalue weighted by Crippen LogP contribution is 2.27. The fraction of sp³-hybridized carbons (Fsp3) is 0.217. The fourth-order valence-corrected chi connectivity index (χ4v) is 3.21. The van der Waals surface area contributed by atoms with E-state index in [4.69, 9.17) is 4.74 Å². The number of esters is 1. The van der Waals surface area contributed by atoms with Gasteiger partial charge in [0.15, 0.2) is 11.6 Å². The molecule has 0 saturated carbocycles. The van der Waals surface area contributed by atoms with Crippen molar-refractivity contribution >= 4 is 17.6 Å². The third kappa shape index (κ3) is 4.74. The summed E-state index contributed by atoms with van der Waals surface area (Å²) in [6.07, 6.45) is 0.0800. The number of carbonyl (C=O) groups is 2. The van der Waals surface area contributed by atoms with E-state index < -0.39 is 17.6 Å². The van der Waals surface area contributed by atoms with Crippen LogP contribution in [0.5, 0.6) is 0 Å². The Bertz CT molecular complexity index is 1060. The summed E-state index contributed by atoms with van der Waals surface area (Å²) in [6, 6.07) is 14.5. The Morgan fingerprint density at radius 1 is 1.03 bits per heavy atom. The molecule has 156 valence electrons. The molecule has 0 spiro atoms. The molecule has 0 atom stereocenters. The second-order valence-electron chi connectivity index (χ2n) is 6.69. The van der Waals surface area contributed by atoms with Crippen molar-refractivity contribution in [1.82, 2.24) is 4.57 Å². The second kappa shape index (κ2) is 9.35. The number of aromatic nitrogens is 1. The summed E-state index contributed by atoms with van der Waals surface area (Å²) >= 11 is 0. The molecular formula is C23H22F2N2O3. The highest BCUT2D eigenvalue weighted by molar-refractivity contribution is 5.93. The highest BCUT2D eigenvalue weighted by Gasteiger charge is 2.20. The molecule has 0 radical (unpaired) electrons. The van der Waals surface area contributed by atoms with Crippen LogP contribution in [0.3, 0.4) is 0 Å². The van der Waals surface area contributed by atoms with Crippen molar-refractivity contribution < 1.29 is 23.1 Å². The lowest BCUT2D eigenvalue weighted by Crippen LogP contribution is -2.16. The maximum absolute atomic E-state index is 13.3. The Morgan fingerprint density at radius 2 is 1.77 bits per heavy atom. The molecule has 1 amide bonds. The first kappa shape index (κ1) is 21.2. The summed E-state index contributed by atoms with van der Waals surface area (Å²) in [7, 11) is 0. The van der Waals surface area contributed by atoms with Gasteiger partial charge in [-0.3, -0.25) is 4.79 Å². The molecular weight excluding hydrogens is 390 g/mol. The van der Waals surface area contributed by atoms with Crippen molar-refractivity contribution in [2.45, 2.75) is 26.8 Å². The number of benzene rings is 2. The first-order chi connectivity index (χ1) is 14.4. The summed E-state index contributed by atoms with van der Waals surface area (Å²) in [5, 5.41) is 2.56. The molecule has 1 N–H and O–H groups in total. The van der Waals surface area contributed by atoms with Gasteiger partial charge < -0.3 is 14.6 Å². The summed E-state index contributed by atoms with van der Waals surface area (Å²) in [5.41, 5.74) is 3.00. The molecule has 0 saturated heterocycles. The van der Waals surface area contributed by atoms with E-state index in [-0.39, 0.29) is 24.6 Å². The number of amides is 1. The van der Waals surface area contributed by atoms with Gasteiger partial charge in [0.2, 0.25) is 5.91 Å². The van der Waals surface area contributed by atoms with Crippen LogP contribution in [0.15, 0.2) is 54.6 Å². The van der Waals surface area contributed by atoms with Crippen LogP contribution in [0, 0.1) is 18.6 Å². The van der Waals surface area contributed by atoms with Crippen molar-refractivity contribution in [3.63, 3.8) is 0 Å². The Labute approximate surface area is 173 Å². The van der Waals surface area contributed by atoms with Gasteiger partial charge in [-0.2, -0.15) is 0 Å². The molecule has 30 heavy (non-hydrogen) atoms. The largest absolute Gasteiger partial charge is 0.462 e. The zero-order valence-corrected chi connectivity index (χ0v) is 16.7. The first-order valence-corrected chi connectivity index (χ1v) is 9.58. The number of ether oxygens (including phenoxy) is 1. The van der Waals surface area contributed by atoms with E-state index in [1.807, 2.05) is 34.9 Å². The molecule has 3 aromatic rings.